The maximum Gasteiger partial charge on any atom is 0.416 e. The molecule has 1 N–H and O–H groups in total. The Morgan fingerprint density at radius 3 is 2.59 bits per heavy atom. The van der Waals surface area contributed by atoms with Crippen molar-refractivity contribution < 1.29 is 23.0 Å². The van der Waals surface area contributed by atoms with Crippen LogP contribution in [0.5, 0.6) is 5.75 Å². The van der Waals surface area contributed by atoms with Gasteiger partial charge in [-0.15, -0.1) is 11.3 Å². The third kappa shape index (κ3) is 3.20. The number of halogens is 3. The van der Waals surface area contributed by atoms with E-state index in [4.69, 9.17) is 4.74 Å². The van der Waals surface area contributed by atoms with E-state index >= 15 is 0 Å². The van der Waals surface area contributed by atoms with Crippen LogP contribution < -0.4 is 4.90 Å². The SMILES string of the molecule is COCN(C)c1sc(C)c(O)c1-c1cccc(C(F)(F)F)c1. The van der Waals surface area contributed by atoms with Crippen molar-refractivity contribution in [2.24, 2.45) is 0 Å². The number of aromatic hydroxyl groups is 1. The van der Waals surface area contributed by atoms with Crippen LogP contribution in [0.2, 0.25) is 0 Å². The summed E-state index contributed by atoms with van der Waals surface area (Å²) in [5, 5.41) is 10.9. The van der Waals surface area contributed by atoms with Gasteiger partial charge in [-0.1, -0.05) is 12.1 Å². The Balaban J connectivity index is 2.57. The molecular weight excluding hydrogens is 315 g/mol. The van der Waals surface area contributed by atoms with Gasteiger partial charge in [0, 0.05) is 19.0 Å². The van der Waals surface area contributed by atoms with Crippen molar-refractivity contribution in [3.8, 4) is 16.9 Å². The van der Waals surface area contributed by atoms with Gasteiger partial charge >= 0.3 is 6.18 Å². The Morgan fingerprint density at radius 2 is 2.00 bits per heavy atom. The molecule has 0 radical (unpaired) electrons. The van der Waals surface area contributed by atoms with Gasteiger partial charge in [0.1, 0.15) is 17.5 Å². The third-order valence-corrected chi connectivity index (χ3v) is 4.39. The lowest BCUT2D eigenvalue weighted by Crippen LogP contribution is -2.19. The zero-order chi connectivity index (χ0) is 16.5. The van der Waals surface area contributed by atoms with E-state index in [0.29, 0.717) is 21.0 Å². The summed E-state index contributed by atoms with van der Waals surface area (Å²) in [4.78, 5) is 2.39. The first-order chi connectivity index (χ1) is 10.3. The Morgan fingerprint density at radius 1 is 1.32 bits per heavy atom. The first-order valence-corrected chi connectivity index (χ1v) is 7.27. The van der Waals surface area contributed by atoms with E-state index in [0.717, 1.165) is 12.1 Å². The lowest BCUT2D eigenvalue weighted by molar-refractivity contribution is -0.137. The number of alkyl halides is 3. The van der Waals surface area contributed by atoms with Crippen LogP contribution in [0.3, 0.4) is 0 Å². The molecule has 0 atom stereocenters. The molecule has 0 saturated heterocycles. The summed E-state index contributed by atoms with van der Waals surface area (Å²) in [5.41, 5.74) is -0.0172. The Bertz CT molecular complexity index is 667. The van der Waals surface area contributed by atoms with Gasteiger partial charge in [-0.05, 0) is 24.6 Å². The van der Waals surface area contributed by atoms with Crippen molar-refractivity contribution in [3.05, 3.63) is 34.7 Å². The number of ether oxygens (including phenoxy) is 1. The van der Waals surface area contributed by atoms with Crippen LogP contribution >= 0.6 is 11.3 Å². The molecule has 7 heteroatoms. The molecule has 1 aromatic carbocycles. The predicted octanol–water partition coefficient (Wildman–Crippen LogP) is 4.49. The highest BCUT2D eigenvalue weighted by molar-refractivity contribution is 7.17. The maximum atomic E-state index is 12.9. The molecule has 22 heavy (non-hydrogen) atoms. The fourth-order valence-corrected chi connectivity index (χ4v) is 3.17. The van der Waals surface area contributed by atoms with Gasteiger partial charge in [0.15, 0.2) is 0 Å². The lowest BCUT2D eigenvalue weighted by Gasteiger charge is -2.18. The Hall–Kier alpha value is -1.73. The highest BCUT2D eigenvalue weighted by Crippen LogP contribution is 2.47. The molecule has 120 valence electrons. The van der Waals surface area contributed by atoms with Gasteiger partial charge in [-0.3, -0.25) is 0 Å². The third-order valence-electron chi connectivity index (χ3n) is 3.18. The van der Waals surface area contributed by atoms with Gasteiger partial charge in [0.2, 0.25) is 0 Å². The molecular formula is C15H16F3NO2S. The molecule has 0 aliphatic rings. The van der Waals surface area contributed by atoms with Crippen molar-refractivity contribution in [2.45, 2.75) is 13.1 Å². The van der Waals surface area contributed by atoms with Gasteiger partial charge in [-0.2, -0.15) is 13.2 Å². The Labute approximate surface area is 130 Å². The van der Waals surface area contributed by atoms with Crippen LogP contribution in [0.25, 0.3) is 11.1 Å². The average molecular weight is 331 g/mol. The zero-order valence-corrected chi connectivity index (χ0v) is 13.2. The van der Waals surface area contributed by atoms with Crippen LogP contribution in [-0.4, -0.2) is 26.0 Å². The summed E-state index contributed by atoms with van der Waals surface area (Å²) >= 11 is 1.31. The van der Waals surface area contributed by atoms with Gasteiger partial charge in [0.25, 0.3) is 0 Å². The largest absolute Gasteiger partial charge is 0.506 e. The molecule has 0 aliphatic carbocycles. The molecule has 0 aliphatic heterocycles. The van der Waals surface area contributed by atoms with Crippen LogP contribution in [0.15, 0.2) is 24.3 Å². The second kappa shape index (κ2) is 6.18. The molecule has 0 amide bonds. The highest BCUT2D eigenvalue weighted by Gasteiger charge is 2.31. The first kappa shape index (κ1) is 16.6. The van der Waals surface area contributed by atoms with Gasteiger partial charge in [-0.25, -0.2) is 0 Å². The van der Waals surface area contributed by atoms with Crippen molar-refractivity contribution in [1.82, 2.24) is 0 Å². The number of aryl methyl sites for hydroxylation is 1. The summed E-state index contributed by atoms with van der Waals surface area (Å²) in [6.07, 6.45) is -4.42. The van der Waals surface area contributed by atoms with Crippen molar-refractivity contribution in [3.63, 3.8) is 0 Å². The number of thiophene rings is 1. The molecule has 0 saturated carbocycles. The van der Waals surface area contributed by atoms with E-state index in [2.05, 4.69) is 0 Å². The molecule has 3 nitrogen and oxygen atoms in total. The van der Waals surface area contributed by atoms with E-state index < -0.39 is 11.7 Å². The minimum Gasteiger partial charge on any atom is -0.506 e. The molecule has 0 spiro atoms. The normalized spacial score (nSPS) is 11.7. The number of anilines is 1. The van der Waals surface area contributed by atoms with E-state index in [-0.39, 0.29) is 12.5 Å². The van der Waals surface area contributed by atoms with Gasteiger partial charge in [0.05, 0.1) is 11.1 Å². The number of hydrogen-bond donors (Lipinski definition) is 1. The number of rotatable bonds is 4. The Kier molecular flexibility index (Phi) is 4.67. The van der Waals surface area contributed by atoms with E-state index in [1.807, 2.05) is 0 Å². The monoisotopic (exact) mass is 331 g/mol. The second-order valence-corrected chi connectivity index (χ2v) is 6.08. The minimum atomic E-state index is -4.42. The zero-order valence-electron chi connectivity index (χ0n) is 12.4. The summed E-state index contributed by atoms with van der Waals surface area (Å²) in [7, 11) is 3.28. The molecule has 0 unspecified atom stereocenters. The standard InChI is InChI=1S/C15H16F3NO2S/c1-9-13(20)12(14(22-9)19(2)8-21-3)10-5-4-6-11(7-10)15(16,17)18/h4-7,20H,8H2,1-3H3. The van der Waals surface area contributed by atoms with E-state index in [1.54, 1.807) is 24.9 Å². The van der Waals surface area contributed by atoms with Crippen LogP contribution in [0.4, 0.5) is 18.2 Å². The fourth-order valence-electron chi connectivity index (χ4n) is 2.15. The van der Waals surface area contributed by atoms with E-state index in [1.165, 1.54) is 24.5 Å². The van der Waals surface area contributed by atoms with Gasteiger partial charge < -0.3 is 14.7 Å². The summed E-state index contributed by atoms with van der Waals surface area (Å²) in [5.74, 6) is 0.00211. The topological polar surface area (TPSA) is 32.7 Å². The minimum absolute atomic E-state index is 0.00211. The number of methoxy groups -OCH3 is 1. The van der Waals surface area contributed by atoms with Crippen molar-refractivity contribution in [1.29, 1.82) is 0 Å². The maximum absolute atomic E-state index is 12.9. The smallest absolute Gasteiger partial charge is 0.416 e. The van der Waals surface area contributed by atoms with Crippen LogP contribution in [-0.2, 0) is 10.9 Å². The van der Waals surface area contributed by atoms with Crippen LogP contribution in [0, 0.1) is 6.92 Å². The summed E-state index contributed by atoms with van der Waals surface area (Å²) in [6.45, 7) is 1.99. The first-order valence-electron chi connectivity index (χ1n) is 6.45. The molecule has 0 bridgehead atoms. The molecule has 2 aromatic rings. The quantitative estimate of drug-likeness (QED) is 0.838. The molecule has 1 heterocycles. The average Bonchev–Trinajstić information content (AvgIpc) is 2.74. The molecule has 2 rings (SSSR count). The molecule has 0 fully saturated rings. The number of benzene rings is 1. The lowest BCUT2D eigenvalue weighted by atomic mass is 10.0. The second-order valence-electron chi connectivity index (χ2n) is 4.88. The number of nitrogens with zero attached hydrogens (tertiary/aromatic N) is 1. The summed E-state index contributed by atoms with van der Waals surface area (Å²) < 4.78 is 43.7. The molecule has 1 aromatic heterocycles. The van der Waals surface area contributed by atoms with E-state index in [9.17, 15) is 18.3 Å². The van der Waals surface area contributed by atoms with Crippen molar-refractivity contribution in [2.75, 3.05) is 25.8 Å². The van der Waals surface area contributed by atoms with Crippen LogP contribution in [0.1, 0.15) is 10.4 Å². The predicted molar refractivity (Wildman–Crippen MR) is 81.4 cm³/mol. The van der Waals surface area contributed by atoms with Crippen molar-refractivity contribution >= 4 is 16.3 Å². The fraction of sp³-hybridized carbons (Fsp3) is 0.333. The number of hydrogen-bond acceptors (Lipinski definition) is 4. The highest BCUT2D eigenvalue weighted by atomic mass is 32.1. The summed E-state index contributed by atoms with van der Waals surface area (Å²) in [6, 6.07) is 4.95.